The van der Waals surface area contributed by atoms with Gasteiger partial charge in [0.1, 0.15) is 5.82 Å². The second-order valence-electron chi connectivity index (χ2n) is 8.15. The van der Waals surface area contributed by atoms with Gasteiger partial charge in [-0.2, -0.15) is 0 Å². The molecule has 1 aliphatic rings. The summed E-state index contributed by atoms with van der Waals surface area (Å²) in [7, 11) is 0. The van der Waals surface area contributed by atoms with E-state index in [0.717, 1.165) is 12.2 Å². The predicted molar refractivity (Wildman–Crippen MR) is 126 cm³/mol. The lowest BCUT2D eigenvalue weighted by Gasteiger charge is -2.09. The van der Waals surface area contributed by atoms with Gasteiger partial charge < -0.3 is 9.13 Å². The summed E-state index contributed by atoms with van der Waals surface area (Å²) >= 11 is 0. The van der Waals surface area contributed by atoms with Crippen LogP contribution in [-0.4, -0.2) is 14.1 Å². The molecule has 1 aliphatic heterocycles. The monoisotopic (exact) mass is 397 g/mol. The van der Waals surface area contributed by atoms with Crippen molar-refractivity contribution in [1.82, 2.24) is 14.1 Å². The number of hydrogen-bond donors (Lipinski definition) is 0. The Morgan fingerprint density at radius 2 is 1.45 bits per heavy atom. The molecule has 2 aromatic heterocycles. The minimum Gasteiger partial charge on any atom is -0.309 e. The number of aromatic nitrogens is 3. The minimum absolute atomic E-state index is 0.909. The summed E-state index contributed by atoms with van der Waals surface area (Å²) in [5.74, 6) is 1.12. The van der Waals surface area contributed by atoms with Gasteiger partial charge in [0.05, 0.1) is 16.7 Å². The Labute approximate surface area is 179 Å². The molecule has 7 rings (SSSR count). The van der Waals surface area contributed by atoms with Crippen LogP contribution in [0.15, 0.2) is 103 Å². The van der Waals surface area contributed by atoms with Crippen molar-refractivity contribution in [2.75, 3.05) is 0 Å². The predicted octanol–water partition coefficient (Wildman–Crippen LogP) is 6.54. The lowest BCUT2D eigenvalue weighted by molar-refractivity contribution is 0.997. The van der Waals surface area contributed by atoms with Crippen molar-refractivity contribution >= 4 is 21.8 Å². The summed E-state index contributed by atoms with van der Waals surface area (Å²) < 4.78 is 4.56. The van der Waals surface area contributed by atoms with Crippen LogP contribution in [0.1, 0.15) is 11.4 Å². The zero-order valence-corrected chi connectivity index (χ0v) is 16.9. The molecule has 0 aliphatic carbocycles. The summed E-state index contributed by atoms with van der Waals surface area (Å²) in [6.07, 6.45) is 4.85. The molecule has 0 radical (unpaired) electrons. The normalized spacial score (nSPS) is 12.4. The standard InChI is InChI=1S/C28H19N3/c1-2-6-22(7-3-1)31-25-9-5-4-8-23(25)24-16-19(12-13-26(24)31)20-10-11-21-18-28-29-14-15-30(28)27(21)17-20/h1-17H,18H2. The van der Waals surface area contributed by atoms with Gasteiger partial charge in [-0.25, -0.2) is 4.98 Å². The third kappa shape index (κ3) is 2.37. The molecule has 0 atom stereocenters. The lowest BCUT2D eigenvalue weighted by Crippen LogP contribution is -1.93. The van der Waals surface area contributed by atoms with Gasteiger partial charge in [0, 0.05) is 35.3 Å². The molecule has 0 saturated heterocycles. The van der Waals surface area contributed by atoms with Crippen LogP contribution in [0, 0.1) is 0 Å². The number of benzene rings is 4. The molecule has 0 bridgehead atoms. The van der Waals surface area contributed by atoms with E-state index in [0.29, 0.717) is 0 Å². The first-order valence-electron chi connectivity index (χ1n) is 10.6. The van der Waals surface area contributed by atoms with E-state index < -0.39 is 0 Å². The highest BCUT2D eigenvalue weighted by atomic mass is 15.1. The van der Waals surface area contributed by atoms with Crippen molar-refractivity contribution in [3.05, 3.63) is 115 Å². The SMILES string of the molecule is c1ccc(-n2c3ccccc3c3cc(-c4ccc5c(c4)-n4ccnc4C5)ccc32)cc1. The number of rotatable bonds is 2. The van der Waals surface area contributed by atoms with Crippen LogP contribution in [0.3, 0.4) is 0 Å². The number of fused-ring (bicyclic) bond motifs is 6. The first-order valence-corrected chi connectivity index (χ1v) is 10.6. The van der Waals surface area contributed by atoms with Crippen LogP contribution in [-0.2, 0) is 6.42 Å². The molecular weight excluding hydrogens is 378 g/mol. The van der Waals surface area contributed by atoms with E-state index in [1.54, 1.807) is 0 Å². The van der Waals surface area contributed by atoms with Crippen LogP contribution in [0.5, 0.6) is 0 Å². The maximum atomic E-state index is 4.48. The fourth-order valence-electron chi connectivity index (χ4n) is 4.98. The molecule has 0 N–H and O–H groups in total. The molecule has 146 valence electrons. The molecule has 6 aromatic rings. The van der Waals surface area contributed by atoms with Crippen molar-refractivity contribution in [3.8, 4) is 22.5 Å². The Hall–Kier alpha value is -4.11. The first-order chi connectivity index (χ1) is 15.4. The smallest absolute Gasteiger partial charge is 0.117 e. The molecule has 3 heterocycles. The van der Waals surface area contributed by atoms with Crippen LogP contribution in [0.2, 0.25) is 0 Å². The largest absolute Gasteiger partial charge is 0.309 e. The number of imidazole rings is 1. The minimum atomic E-state index is 0.909. The quantitative estimate of drug-likeness (QED) is 0.325. The Kier molecular flexibility index (Phi) is 3.33. The van der Waals surface area contributed by atoms with Crippen LogP contribution < -0.4 is 0 Å². The molecule has 0 unspecified atom stereocenters. The molecule has 0 amide bonds. The van der Waals surface area contributed by atoms with Gasteiger partial charge in [-0.15, -0.1) is 0 Å². The Morgan fingerprint density at radius 1 is 0.677 bits per heavy atom. The molecule has 3 heteroatoms. The van der Waals surface area contributed by atoms with E-state index >= 15 is 0 Å². The van der Waals surface area contributed by atoms with Crippen molar-refractivity contribution in [1.29, 1.82) is 0 Å². The van der Waals surface area contributed by atoms with Gasteiger partial charge >= 0.3 is 0 Å². The maximum absolute atomic E-state index is 4.48. The van der Waals surface area contributed by atoms with E-state index in [9.17, 15) is 0 Å². The highest BCUT2D eigenvalue weighted by Crippen LogP contribution is 2.36. The fourth-order valence-corrected chi connectivity index (χ4v) is 4.98. The second kappa shape index (κ2) is 6.19. The Balaban J connectivity index is 1.46. The van der Waals surface area contributed by atoms with Crippen LogP contribution >= 0.6 is 0 Å². The number of para-hydroxylation sites is 2. The summed E-state index contributed by atoms with van der Waals surface area (Å²) in [4.78, 5) is 4.48. The third-order valence-electron chi connectivity index (χ3n) is 6.43. The van der Waals surface area contributed by atoms with Crippen molar-refractivity contribution in [2.45, 2.75) is 6.42 Å². The summed E-state index contributed by atoms with van der Waals surface area (Å²) in [6.45, 7) is 0. The average molecular weight is 397 g/mol. The van der Waals surface area contributed by atoms with Crippen molar-refractivity contribution in [3.63, 3.8) is 0 Å². The summed E-state index contributed by atoms with van der Waals surface area (Å²) in [5, 5.41) is 2.56. The zero-order valence-electron chi connectivity index (χ0n) is 16.9. The molecule has 3 nitrogen and oxygen atoms in total. The van der Waals surface area contributed by atoms with E-state index in [1.807, 2.05) is 6.20 Å². The van der Waals surface area contributed by atoms with E-state index in [2.05, 4.69) is 111 Å². The lowest BCUT2D eigenvalue weighted by atomic mass is 10.00. The highest BCUT2D eigenvalue weighted by Gasteiger charge is 2.19. The van der Waals surface area contributed by atoms with Gasteiger partial charge in [-0.3, -0.25) is 0 Å². The topological polar surface area (TPSA) is 22.8 Å². The zero-order chi connectivity index (χ0) is 20.4. The van der Waals surface area contributed by atoms with E-state index in [1.165, 1.54) is 49.9 Å². The number of nitrogens with zero attached hydrogens (tertiary/aromatic N) is 3. The molecule has 0 spiro atoms. The summed E-state index contributed by atoms with van der Waals surface area (Å²) in [5.41, 5.74) is 8.71. The third-order valence-corrected chi connectivity index (χ3v) is 6.43. The summed E-state index contributed by atoms with van der Waals surface area (Å²) in [6, 6.07) is 32.9. The second-order valence-corrected chi connectivity index (χ2v) is 8.15. The Bertz CT molecular complexity index is 1600. The van der Waals surface area contributed by atoms with E-state index in [4.69, 9.17) is 0 Å². The average Bonchev–Trinajstić information content (AvgIpc) is 3.50. The van der Waals surface area contributed by atoms with Gasteiger partial charge in [0.15, 0.2) is 0 Å². The molecule has 0 fully saturated rings. The van der Waals surface area contributed by atoms with Crippen molar-refractivity contribution in [2.24, 2.45) is 0 Å². The molecule has 31 heavy (non-hydrogen) atoms. The van der Waals surface area contributed by atoms with E-state index in [-0.39, 0.29) is 0 Å². The van der Waals surface area contributed by atoms with Gasteiger partial charge in [-0.1, -0.05) is 54.6 Å². The first kappa shape index (κ1) is 16.7. The fraction of sp³-hybridized carbons (Fsp3) is 0.0357. The molecule has 0 saturated carbocycles. The van der Waals surface area contributed by atoms with Crippen LogP contribution in [0.25, 0.3) is 44.3 Å². The van der Waals surface area contributed by atoms with Crippen molar-refractivity contribution < 1.29 is 0 Å². The highest BCUT2D eigenvalue weighted by molar-refractivity contribution is 6.10. The Morgan fingerprint density at radius 3 is 2.39 bits per heavy atom. The maximum Gasteiger partial charge on any atom is 0.117 e. The molecule has 4 aromatic carbocycles. The van der Waals surface area contributed by atoms with Gasteiger partial charge in [0.2, 0.25) is 0 Å². The number of hydrogen-bond acceptors (Lipinski definition) is 1. The van der Waals surface area contributed by atoms with Gasteiger partial charge in [-0.05, 0) is 53.1 Å². The molecular formula is C28H19N3. The van der Waals surface area contributed by atoms with Crippen LogP contribution in [0.4, 0.5) is 0 Å². The van der Waals surface area contributed by atoms with Gasteiger partial charge in [0.25, 0.3) is 0 Å².